The van der Waals surface area contributed by atoms with Crippen LogP contribution in [0.1, 0.15) is 39.0 Å². The summed E-state index contributed by atoms with van der Waals surface area (Å²) in [6.07, 6.45) is 9.75. The first-order chi connectivity index (χ1) is 9.02. The molecule has 106 valence electrons. The van der Waals surface area contributed by atoms with E-state index in [1.54, 1.807) is 0 Å². The van der Waals surface area contributed by atoms with E-state index in [0.29, 0.717) is 18.4 Å². The predicted octanol–water partition coefficient (Wildman–Crippen LogP) is 1.59. The predicted molar refractivity (Wildman–Crippen MR) is 72.5 cm³/mol. The molecule has 2 amide bonds. The van der Waals surface area contributed by atoms with Crippen LogP contribution in [-0.2, 0) is 4.79 Å². The third kappa shape index (κ3) is 5.64. The van der Waals surface area contributed by atoms with Crippen molar-refractivity contribution in [2.45, 2.75) is 45.1 Å². The quantitative estimate of drug-likeness (QED) is 0.661. The van der Waals surface area contributed by atoms with E-state index >= 15 is 0 Å². The van der Waals surface area contributed by atoms with E-state index < -0.39 is 18.0 Å². The van der Waals surface area contributed by atoms with Gasteiger partial charge in [-0.25, -0.2) is 9.59 Å². The average Bonchev–Trinajstić information content (AvgIpc) is 2.36. The van der Waals surface area contributed by atoms with Crippen molar-refractivity contribution in [2.75, 3.05) is 6.54 Å². The fourth-order valence-electron chi connectivity index (χ4n) is 2.51. The van der Waals surface area contributed by atoms with E-state index in [-0.39, 0.29) is 6.42 Å². The van der Waals surface area contributed by atoms with Gasteiger partial charge >= 0.3 is 12.0 Å². The first-order valence-electron chi connectivity index (χ1n) is 6.73. The van der Waals surface area contributed by atoms with Gasteiger partial charge in [-0.05, 0) is 24.7 Å². The lowest BCUT2D eigenvalue weighted by Crippen LogP contribution is -2.47. The number of urea groups is 1. The van der Waals surface area contributed by atoms with Gasteiger partial charge in [0.05, 0.1) is 0 Å². The van der Waals surface area contributed by atoms with Gasteiger partial charge in [-0.2, -0.15) is 0 Å². The van der Waals surface area contributed by atoms with Crippen molar-refractivity contribution in [3.05, 3.63) is 0 Å². The van der Waals surface area contributed by atoms with Crippen LogP contribution in [0, 0.1) is 24.2 Å². The molecule has 19 heavy (non-hydrogen) atoms. The van der Waals surface area contributed by atoms with Crippen molar-refractivity contribution in [3.63, 3.8) is 0 Å². The third-order valence-corrected chi connectivity index (χ3v) is 3.52. The summed E-state index contributed by atoms with van der Waals surface area (Å²) in [6.45, 7) is 2.82. The molecule has 5 heteroatoms. The van der Waals surface area contributed by atoms with Crippen LogP contribution in [0.3, 0.4) is 0 Å². The molecule has 0 heterocycles. The lowest BCUT2D eigenvalue weighted by molar-refractivity contribution is -0.139. The molecule has 1 fully saturated rings. The Morgan fingerprint density at radius 3 is 2.79 bits per heavy atom. The van der Waals surface area contributed by atoms with Gasteiger partial charge < -0.3 is 15.7 Å². The Labute approximate surface area is 114 Å². The third-order valence-electron chi connectivity index (χ3n) is 3.52. The van der Waals surface area contributed by atoms with Crippen LogP contribution < -0.4 is 10.6 Å². The van der Waals surface area contributed by atoms with Gasteiger partial charge in [0.2, 0.25) is 0 Å². The Bertz CT molecular complexity index is 362. The normalized spacial score (nSPS) is 24.0. The van der Waals surface area contributed by atoms with Crippen molar-refractivity contribution < 1.29 is 14.7 Å². The monoisotopic (exact) mass is 266 g/mol. The van der Waals surface area contributed by atoms with Crippen molar-refractivity contribution >= 4 is 12.0 Å². The second-order valence-corrected chi connectivity index (χ2v) is 5.29. The molecule has 0 spiro atoms. The largest absolute Gasteiger partial charge is 0.480 e. The van der Waals surface area contributed by atoms with Gasteiger partial charge in [0.1, 0.15) is 6.04 Å². The first kappa shape index (κ1) is 15.4. The Morgan fingerprint density at radius 1 is 1.47 bits per heavy atom. The van der Waals surface area contributed by atoms with Crippen LogP contribution in [-0.4, -0.2) is 29.7 Å². The highest BCUT2D eigenvalue weighted by Gasteiger charge is 2.21. The number of hydrogen-bond donors (Lipinski definition) is 3. The number of hydrogen-bond acceptors (Lipinski definition) is 2. The zero-order valence-electron chi connectivity index (χ0n) is 11.3. The van der Waals surface area contributed by atoms with E-state index in [2.05, 4.69) is 23.5 Å². The molecule has 0 radical (unpaired) electrons. The smallest absolute Gasteiger partial charge is 0.327 e. The van der Waals surface area contributed by atoms with E-state index in [1.165, 1.54) is 12.8 Å². The second-order valence-electron chi connectivity index (χ2n) is 5.29. The van der Waals surface area contributed by atoms with Crippen LogP contribution in [0.5, 0.6) is 0 Å². The minimum absolute atomic E-state index is 0.0107. The molecule has 3 atom stereocenters. The maximum atomic E-state index is 11.6. The maximum Gasteiger partial charge on any atom is 0.327 e. The zero-order chi connectivity index (χ0) is 14.3. The van der Waals surface area contributed by atoms with E-state index in [0.717, 1.165) is 12.8 Å². The number of terminal acetylenes is 1. The van der Waals surface area contributed by atoms with Crippen LogP contribution in [0.25, 0.3) is 0 Å². The summed E-state index contributed by atoms with van der Waals surface area (Å²) < 4.78 is 0. The molecule has 0 aromatic heterocycles. The number of amides is 2. The number of carboxylic acid groups (broad SMARTS) is 1. The highest BCUT2D eigenvalue weighted by molar-refractivity contribution is 5.82. The molecule has 0 aromatic carbocycles. The Balaban J connectivity index is 2.30. The molecular formula is C14H22N2O3. The summed E-state index contributed by atoms with van der Waals surface area (Å²) >= 11 is 0. The van der Waals surface area contributed by atoms with Crippen molar-refractivity contribution in [1.82, 2.24) is 10.6 Å². The summed E-state index contributed by atoms with van der Waals surface area (Å²) in [7, 11) is 0. The second kappa shape index (κ2) is 7.67. The molecule has 1 aliphatic rings. The molecule has 0 saturated heterocycles. The molecule has 3 N–H and O–H groups in total. The highest BCUT2D eigenvalue weighted by Crippen LogP contribution is 2.27. The summed E-state index contributed by atoms with van der Waals surface area (Å²) in [5, 5.41) is 14.0. The molecule has 0 bridgehead atoms. The van der Waals surface area contributed by atoms with Gasteiger partial charge in [0, 0.05) is 13.0 Å². The number of rotatable bonds is 5. The van der Waals surface area contributed by atoms with E-state index in [4.69, 9.17) is 11.5 Å². The number of carbonyl (C=O) groups excluding carboxylic acids is 1. The summed E-state index contributed by atoms with van der Waals surface area (Å²) in [4.78, 5) is 22.4. The van der Waals surface area contributed by atoms with Crippen LogP contribution >= 0.6 is 0 Å². The molecule has 1 aliphatic carbocycles. The minimum Gasteiger partial charge on any atom is -0.480 e. The number of carboxylic acids is 1. The van der Waals surface area contributed by atoms with Crippen molar-refractivity contribution in [2.24, 2.45) is 11.8 Å². The standard InChI is InChI=1S/C14H22N2O3/c1-3-5-12(13(17)18)16-14(19)15-9-11-7-4-6-10(2)8-11/h1,10-12H,4-9H2,2H3,(H,17,18)(H2,15,16,19). The summed E-state index contributed by atoms with van der Waals surface area (Å²) in [5.41, 5.74) is 0. The van der Waals surface area contributed by atoms with Crippen LogP contribution in [0.15, 0.2) is 0 Å². The molecule has 1 rings (SSSR count). The number of nitrogens with one attached hydrogen (secondary N) is 2. The number of aliphatic carboxylic acids is 1. The summed E-state index contributed by atoms with van der Waals surface area (Å²) in [5.74, 6) is 2.33. The maximum absolute atomic E-state index is 11.6. The van der Waals surface area contributed by atoms with E-state index in [9.17, 15) is 9.59 Å². The van der Waals surface area contributed by atoms with Crippen molar-refractivity contribution in [1.29, 1.82) is 0 Å². The molecule has 3 unspecified atom stereocenters. The van der Waals surface area contributed by atoms with Gasteiger partial charge in [-0.1, -0.05) is 19.8 Å². The van der Waals surface area contributed by atoms with Gasteiger partial charge in [-0.15, -0.1) is 12.3 Å². The van der Waals surface area contributed by atoms with Gasteiger partial charge in [-0.3, -0.25) is 0 Å². The summed E-state index contributed by atoms with van der Waals surface area (Å²) in [6, 6.07) is -1.48. The van der Waals surface area contributed by atoms with E-state index in [1.807, 2.05) is 0 Å². The van der Waals surface area contributed by atoms with Gasteiger partial charge in [0.25, 0.3) is 0 Å². The molecule has 0 aromatic rings. The minimum atomic E-state index is -1.11. The molecular weight excluding hydrogens is 244 g/mol. The van der Waals surface area contributed by atoms with Crippen molar-refractivity contribution in [3.8, 4) is 12.3 Å². The average molecular weight is 266 g/mol. The molecule has 0 aliphatic heterocycles. The highest BCUT2D eigenvalue weighted by atomic mass is 16.4. The number of carbonyl (C=O) groups is 2. The lowest BCUT2D eigenvalue weighted by atomic mass is 9.82. The molecule has 1 saturated carbocycles. The first-order valence-corrected chi connectivity index (χ1v) is 6.73. The lowest BCUT2D eigenvalue weighted by Gasteiger charge is -2.27. The Kier molecular flexibility index (Phi) is 6.20. The fourth-order valence-corrected chi connectivity index (χ4v) is 2.51. The Hall–Kier alpha value is -1.70. The van der Waals surface area contributed by atoms with Crippen LogP contribution in [0.4, 0.5) is 4.79 Å². The fraction of sp³-hybridized carbons (Fsp3) is 0.714. The Morgan fingerprint density at radius 2 is 2.21 bits per heavy atom. The topological polar surface area (TPSA) is 78.4 Å². The zero-order valence-corrected chi connectivity index (χ0v) is 11.3. The van der Waals surface area contributed by atoms with Gasteiger partial charge in [0.15, 0.2) is 0 Å². The SMILES string of the molecule is C#CCC(NC(=O)NCC1CCCC(C)C1)C(=O)O. The molecule has 5 nitrogen and oxygen atoms in total. The van der Waals surface area contributed by atoms with Crippen LogP contribution in [0.2, 0.25) is 0 Å².